The SMILES string of the molecule is O=C(Nc1cc(Cl)nc(Cl)n1)c1cc(Br)sc1Br. The molecule has 0 radical (unpaired) electrons. The molecule has 0 spiro atoms. The summed E-state index contributed by atoms with van der Waals surface area (Å²) < 4.78 is 1.57. The Morgan fingerprint density at radius 3 is 2.56 bits per heavy atom. The second-order valence-corrected chi connectivity index (χ2v) is 7.51. The standard InChI is InChI=1S/C9H3Br2Cl2N3OS/c10-4-1-3(7(11)18-4)8(17)15-6-2-5(12)14-9(13)16-6/h1-2H,(H,14,15,16,17). The minimum absolute atomic E-state index is 0.0247. The molecule has 2 rings (SSSR count). The summed E-state index contributed by atoms with van der Waals surface area (Å²) in [7, 11) is 0. The molecule has 0 fully saturated rings. The fourth-order valence-corrected chi connectivity index (χ4v) is 4.33. The number of hydrogen-bond acceptors (Lipinski definition) is 4. The van der Waals surface area contributed by atoms with E-state index >= 15 is 0 Å². The quantitative estimate of drug-likeness (QED) is 0.557. The van der Waals surface area contributed by atoms with Crippen LogP contribution < -0.4 is 5.32 Å². The van der Waals surface area contributed by atoms with Crippen LogP contribution in [-0.4, -0.2) is 15.9 Å². The lowest BCUT2D eigenvalue weighted by Crippen LogP contribution is -2.12. The first-order valence-corrected chi connectivity index (χ1v) is 7.58. The van der Waals surface area contributed by atoms with Gasteiger partial charge in [-0.1, -0.05) is 11.6 Å². The summed E-state index contributed by atoms with van der Waals surface area (Å²) in [6, 6.07) is 3.12. The lowest BCUT2D eigenvalue weighted by Gasteiger charge is -2.03. The van der Waals surface area contributed by atoms with Crippen LogP contribution in [0, 0.1) is 0 Å². The van der Waals surface area contributed by atoms with Crippen molar-refractivity contribution in [1.82, 2.24) is 9.97 Å². The van der Waals surface area contributed by atoms with E-state index in [4.69, 9.17) is 23.2 Å². The van der Waals surface area contributed by atoms with Crippen molar-refractivity contribution in [3.05, 3.63) is 35.7 Å². The minimum Gasteiger partial charge on any atom is -0.306 e. The van der Waals surface area contributed by atoms with E-state index in [9.17, 15) is 4.79 Å². The van der Waals surface area contributed by atoms with Gasteiger partial charge in [-0.2, -0.15) is 0 Å². The molecule has 2 heterocycles. The third kappa shape index (κ3) is 3.42. The highest BCUT2D eigenvalue weighted by Crippen LogP contribution is 2.32. The van der Waals surface area contributed by atoms with Crippen molar-refractivity contribution < 1.29 is 4.79 Å². The van der Waals surface area contributed by atoms with Crippen LogP contribution in [0.5, 0.6) is 0 Å². The van der Waals surface area contributed by atoms with E-state index in [0.29, 0.717) is 5.56 Å². The van der Waals surface area contributed by atoms with Gasteiger partial charge in [-0.25, -0.2) is 9.97 Å². The van der Waals surface area contributed by atoms with E-state index < -0.39 is 0 Å². The van der Waals surface area contributed by atoms with Crippen molar-refractivity contribution >= 4 is 78.1 Å². The summed E-state index contributed by atoms with van der Waals surface area (Å²) in [6.07, 6.45) is 0. The number of halogens is 4. The topological polar surface area (TPSA) is 54.9 Å². The second kappa shape index (κ2) is 5.83. The molecule has 1 N–H and O–H groups in total. The van der Waals surface area contributed by atoms with Crippen LogP contribution in [0.25, 0.3) is 0 Å². The van der Waals surface area contributed by atoms with Gasteiger partial charge >= 0.3 is 0 Å². The maximum atomic E-state index is 12.0. The number of rotatable bonds is 2. The monoisotopic (exact) mass is 429 g/mol. The van der Waals surface area contributed by atoms with Crippen molar-refractivity contribution in [2.75, 3.05) is 5.32 Å². The second-order valence-electron chi connectivity index (χ2n) is 3.04. The van der Waals surface area contributed by atoms with Crippen molar-refractivity contribution in [3.8, 4) is 0 Å². The molecule has 0 saturated heterocycles. The van der Waals surface area contributed by atoms with E-state index in [0.717, 1.165) is 7.57 Å². The Labute approximate surface area is 133 Å². The zero-order valence-corrected chi connectivity index (χ0v) is 13.9. The maximum Gasteiger partial charge on any atom is 0.258 e. The first kappa shape index (κ1) is 14.2. The molecule has 0 aliphatic heterocycles. The highest BCUT2D eigenvalue weighted by Gasteiger charge is 2.15. The number of amides is 1. The predicted octanol–water partition coefficient (Wildman–Crippen LogP) is 4.62. The van der Waals surface area contributed by atoms with Crippen LogP contribution >= 0.6 is 66.4 Å². The lowest BCUT2D eigenvalue weighted by molar-refractivity contribution is 0.102. The largest absolute Gasteiger partial charge is 0.306 e. The van der Waals surface area contributed by atoms with Crippen molar-refractivity contribution in [2.45, 2.75) is 0 Å². The number of anilines is 1. The minimum atomic E-state index is -0.311. The summed E-state index contributed by atoms with van der Waals surface area (Å²) in [6.45, 7) is 0. The van der Waals surface area contributed by atoms with Crippen molar-refractivity contribution in [3.63, 3.8) is 0 Å². The smallest absolute Gasteiger partial charge is 0.258 e. The zero-order valence-electron chi connectivity index (χ0n) is 8.38. The van der Waals surface area contributed by atoms with E-state index in [2.05, 4.69) is 47.1 Å². The fraction of sp³-hybridized carbons (Fsp3) is 0. The Hall–Kier alpha value is -0.210. The van der Waals surface area contributed by atoms with Crippen LogP contribution in [0.2, 0.25) is 10.4 Å². The van der Waals surface area contributed by atoms with Gasteiger partial charge in [0.1, 0.15) is 11.0 Å². The molecule has 0 saturated carbocycles. The highest BCUT2D eigenvalue weighted by atomic mass is 79.9. The van der Waals surface area contributed by atoms with Gasteiger partial charge in [0.15, 0.2) is 0 Å². The van der Waals surface area contributed by atoms with E-state index in [1.54, 1.807) is 6.07 Å². The van der Waals surface area contributed by atoms with Crippen LogP contribution in [0.3, 0.4) is 0 Å². The molecular formula is C9H3Br2Cl2N3OS. The van der Waals surface area contributed by atoms with Gasteiger partial charge < -0.3 is 5.32 Å². The summed E-state index contributed by atoms with van der Waals surface area (Å²) in [5.74, 6) is -0.0612. The average molecular weight is 432 g/mol. The fourth-order valence-electron chi connectivity index (χ4n) is 1.13. The summed E-state index contributed by atoms with van der Waals surface area (Å²) in [5.41, 5.74) is 0.498. The third-order valence-corrected chi connectivity index (χ3v) is 4.51. The Bertz CT molecular complexity index is 600. The Kier molecular flexibility index (Phi) is 4.60. The van der Waals surface area contributed by atoms with Gasteiger partial charge in [0.2, 0.25) is 5.28 Å². The molecule has 0 bridgehead atoms. The first-order chi connectivity index (χ1) is 8.45. The van der Waals surface area contributed by atoms with Crippen LogP contribution in [0.1, 0.15) is 10.4 Å². The average Bonchev–Trinajstić information content (AvgIpc) is 2.56. The molecule has 2 aromatic rings. The molecule has 0 aliphatic carbocycles. The van der Waals surface area contributed by atoms with Crippen molar-refractivity contribution in [2.24, 2.45) is 0 Å². The number of thiophene rings is 1. The molecule has 0 unspecified atom stereocenters. The normalized spacial score (nSPS) is 10.4. The summed E-state index contributed by atoms with van der Waals surface area (Å²) in [4.78, 5) is 19.5. The molecule has 1 amide bonds. The summed E-state index contributed by atoms with van der Waals surface area (Å²) >= 11 is 19.4. The molecule has 9 heteroatoms. The van der Waals surface area contributed by atoms with Crippen molar-refractivity contribution in [1.29, 1.82) is 0 Å². The Morgan fingerprint density at radius 2 is 2.00 bits per heavy atom. The predicted molar refractivity (Wildman–Crippen MR) is 79.7 cm³/mol. The van der Waals surface area contributed by atoms with E-state index in [-0.39, 0.29) is 22.2 Å². The zero-order chi connectivity index (χ0) is 13.3. The molecular weight excluding hydrogens is 429 g/mol. The number of nitrogens with zero attached hydrogens (tertiary/aromatic N) is 2. The van der Waals surface area contributed by atoms with Gasteiger partial charge in [0.25, 0.3) is 5.91 Å². The van der Waals surface area contributed by atoms with Gasteiger partial charge in [-0.05, 0) is 49.5 Å². The summed E-state index contributed by atoms with van der Waals surface area (Å²) in [5, 5.41) is 2.73. The molecule has 4 nitrogen and oxygen atoms in total. The number of carbonyl (C=O) groups is 1. The molecule has 0 aromatic carbocycles. The van der Waals surface area contributed by atoms with E-state index in [1.807, 2.05) is 0 Å². The molecule has 2 aromatic heterocycles. The van der Waals surface area contributed by atoms with Gasteiger partial charge in [-0.15, -0.1) is 11.3 Å². The van der Waals surface area contributed by atoms with Gasteiger partial charge in [0, 0.05) is 6.07 Å². The molecule has 0 atom stereocenters. The number of carbonyl (C=O) groups excluding carboxylic acids is 1. The number of nitrogens with one attached hydrogen (secondary N) is 1. The third-order valence-electron chi connectivity index (χ3n) is 1.81. The van der Waals surface area contributed by atoms with Gasteiger partial charge in [-0.3, -0.25) is 4.79 Å². The molecule has 0 aliphatic rings. The first-order valence-electron chi connectivity index (χ1n) is 4.42. The van der Waals surface area contributed by atoms with Gasteiger partial charge in [0.05, 0.1) is 13.1 Å². The Balaban J connectivity index is 2.23. The van der Waals surface area contributed by atoms with Crippen LogP contribution in [0.15, 0.2) is 19.7 Å². The highest BCUT2D eigenvalue weighted by molar-refractivity contribution is 9.12. The van der Waals surface area contributed by atoms with E-state index in [1.165, 1.54) is 17.4 Å². The number of aromatic nitrogens is 2. The van der Waals surface area contributed by atoms with Crippen LogP contribution in [-0.2, 0) is 0 Å². The number of hydrogen-bond donors (Lipinski definition) is 1. The lowest BCUT2D eigenvalue weighted by atomic mass is 10.3. The molecule has 18 heavy (non-hydrogen) atoms. The molecule has 94 valence electrons. The van der Waals surface area contributed by atoms with Crippen LogP contribution in [0.4, 0.5) is 5.82 Å². The Morgan fingerprint density at radius 1 is 1.28 bits per heavy atom. The maximum absolute atomic E-state index is 12.0.